The minimum absolute atomic E-state index is 0.349. The SMILES string of the molecule is CN=C(NCc1cccc(OC)n1)NCC(c1ccccc1)N1CCCC1. The fourth-order valence-corrected chi connectivity index (χ4v) is 3.44. The number of aromatic nitrogens is 1. The van der Waals surface area contributed by atoms with Crippen molar-refractivity contribution in [1.82, 2.24) is 20.5 Å². The third-order valence-corrected chi connectivity index (χ3v) is 4.88. The number of aliphatic imine (C=N–C) groups is 1. The number of ether oxygens (including phenoxy) is 1. The maximum absolute atomic E-state index is 5.18. The quantitative estimate of drug-likeness (QED) is 0.582. The molecule has 0 amide bonds. The van der Waals surface area contributed by atoms with E-state index in [9.17, 15) is 0 Å². The van der Waals surface area contributed by atoms with Crippen molar-refractivity contribution < 1.29 is 4.74 Å². The molecule has 2 heterocycles. The van der Waals surface area contributed by atoms with E-state index in [1.165, 1.54) is 18.4 Å². The van der Waals surface area contributed by atoms with Crippen molar-refractivity contribution in [2.24, 2.45) is 4.99 Å². The van der Waals surface area contributed by atoms with Gasteiger partial charge in [-0.15, -0.1) is 0 Å². The topological polar surface area (TPSA) is 61.8 Å². The van der Waals surface area contributed by atoms with Crippen LogP contribution in [0.5, 0.6) is 5.88 Å². The highest BCUT2D eigenvalue weighted by Crippen LogP contribution is 2.24. The van der Waals surface area contributed by atoms with Crippen LogP contribution in [0.3, 0.4) is 0 Å². The lowest BCUT2D eigenvalue weighted by atomic mass is 10.1. The Bertz CT molecular complexity index is 728. The van der Waals surface area contributed by atoms with Crippen molar-refractivity contribution in [2.45, 2.75) is 25.4 Å². The molecule has 2 N–H and O–H groups in total. The highest BCUT2D eigenvalue weighted by Gasteiger charge is 2.23. The van der Waals surface area contributed by atoms with Gasteiger partial charge in [-0.25, -0.2) is 4.98 Å². The molecule has 2 aromatic rings. The van der Waals surface area contributed by atoms with Gasteiger partial charge < -0.3 is 15.4 Å². The molecular weight excluding hydrogens is 338 g/mol. The number of benzene rings is 1. The number of guanidine groups is 1. The molecule has 1 aliphatic heterocycles. The molecule has 3 rings (SSSR count). The zero-order chi connectivity index (χ0) is 18.9. The number of likely N-dealkylation sites (tertiary alicyclic amines) is 1. The molecule has 1 saturated heterocycles. The van der Waals surface area contributed by atoms with E-state index in [0.29, 0.717) is 18.5 Å². The van der Waals surface area contributed by atoms with E-state index in [1.54, 1.807) is 14.2 Å². The molecule has 6 heteroatoms. The lowest BCUT2D eigenvalue weighted by Gasteiger charge is -2.29. The van der Waals surface area contributed by atoms with Gasteiger partial charge in [0.2, 0.25) is 5.88 Å². The van der Waals surface area contributed by atoms with Gasteiger partial charge in [-0.1, -0.05) is 36.4 Å². The molecule has 1 atom stereocenters. The Labute approximate surface area is 161 Å². The van der Waals surface area contributed by atoms with Crippen LogP contribution in [0.2, 0.25) is 0 Å². The van der Waals surface area contributed by atoms with Crippen molar-refractivity contribution in [3.05, 3.63) is 59.8 Å². The molecule has 1 aromatic carbocycles. The largest absolute Gasteiger partial charge is 0.481 e. The average molecular weight is 367 g/mol. The van der Waals surface area contributed by atoms with Crippen molar-refractivity contribution >= 4 is 5.96 Å². The second kappa shape index (κ2) is 9.92. The minimum Gasteiger partial charge on any atom is -0.481 e. The molecule has 27 heavy (non-hydrogen) atoms. The van der Waals surface area contributed by atoms with Gasteiger partial charge in [0.25, 0.3) is 0 Å². The molecule has 0 saturated carbocycles. The molecular formula is C21H29N5O. The number of nitrogens with zero attached hydrogens (tertiary/aromatic N) is 3. The van der Waals surface area contributed by atoms with Crippen LogP contribution in [0.15, 0.2) is 53.5 Å². The van der Waals surface area contributed by atoms with Gasteiger partial charge in [-0.2, -0.15) is 0 Å². The molecule has 1 unspecified atom stereocenters. The summed E-state index contributed by atoms with van der Waals surface area (Å²) in [4.78, 5) is 11.3. The molecule has 1 fully saturated rings. The summed E-state index contributed by atoms with van der Waals surface area (Å²) in [6, 6.07) is 16.8. The van der Waals surface area contributed by atoms with E-state index in [0.717, 1.165) is 31.3 Å². The van der Waals surface area contributed by atoms with E-state index in [1.807, 2.05) is 18.2 Å². The first-order chi connectivity index (χ1) is 13.3. The summed E-state index contributed by atoms with van der Waals surface area (Å²) in [6.45, 7) is 3.72. The first-order valence-electron chi connectivity index (χ1n) is 9.53. The number of hydrogen-bond donors (Lipinski definition) is 2. The van der Waals surface area contributed by atoms with E-state index < -0.39 is 0 Å². The van der Waals surface area contributed by atoms with Crippen LogP contribution in [0.25, 0.3) is 0 Å². The number of methoxy groups -OCH3 is 1. The van der Waals surface area contributed by atoms with E-state index in [4.69, 9.17) is 4.74 Å². The molecule has 0 radical (unpaired) electrons. The van der Waals surface area contributed by atoms with E-state index >= 15 is 0 Å². The van der Waals surface area contributed by atoms with Crippen LogP contribution >= 0.6 is 0 Å². The Kier molecular flexibility index (Phi) is 7.04. The van der Waals surface area contributed by atoms with Gasteiger partial charge in [0.1, 0.15) is 0 Å². The number of hydrogen-bond acceptors (Lipinski definition) is 4. The lowest BCUT2D eigenvalue weighted by molar-refractivity contribution is 0.245. The average Bonchev–Trinajstić information content (AvgIpc) is 3.26. The molecule has 0 spiro atoms. The van der Waals surface area contributed by atoms with E-state index in [-0.39, 0.29) is 0 Å². The minimum atomic E-state index is 0.349. The Balaban J connectivity index is 1.59. The van der Waals surface area contributed by atoms with Gasteiger partial charge >= 0.3 is 0 Å². The first kappa shape index (κ1) is 19.2. The van der Waals surface area contributed by atoms with Crippen molar-refractivity contribution in [3.63, 3.8) is 0 Å². The Morgan fingerprint density at radius 1 is 1.11 bits per heavy atom. The van der Waals surface area contributed by atoms with Gasteiger partial charge in [0.05, 0.1) is 25.4 Å². The zero-order valence-electron chi connectivity index (χ0n) is 16.2. The maximum atomic E-state index is 5.18. The van der Waals surface area contributed by atoms with Gasteiger partial charge in [0, 0.05) is 19.7 Å². The number of rotatable bonds is 7. The standard InChI is InChI=1S/C21H29N5O/c1-22-21(23-15-18-11-8-12-20(25-18)27-2)24-16-19(26-13-6-7-14-26)17-9-4-3-5-10-17/h3-5,8-12,19H,6-7,13-16H2,1-2H3,(H2,22,23,24). The predicted octanol–water partition coefficient (Wildman–Crippen LogP) is 2.59. The van der Waals surface area contributed by atoms with Crippen LogP contribution in [-0.4, -0.2) is 49.6 Å². The smallest absolute Gasteiger partial charge is 0.213 e. The summed E-state index contributed by atoms with van der Waals surface area (Å²) in [5, 5.41) is 6.82. The zero-order valence-corrected chi connectivity index (χ0v) is 16.2. The molecule has 1 aliphatic rings. The fraction of sp³-hybridized carbons (Fsp3) is 0.429. The summed E-state index contributed by atoms with van der Waals surface area (Å²) < 4.78 is 5.18. The van der Waals surface area contributed by atoms with Gasteiger partial charge in [-0.3, -0.25) is 9.89 Å². The van der Waals surface area contributed by atoms with Gasteiger partial charge in [0.15, 0.2) is 5.96 Å². The molecule has 0 bridgehead atoms. The summed E-state index contributed by atoms with van der Waals surface area (Å²) in [5.74, 6) is 1.40. The third kappa shape index (κ3) is 5.44. The molecule has 0 aliphatic carbocycles. The van der Waals surface area contributed by atoms with Crippen LogP contribution in [0.1, 0.15) is 30.1 Å². The second-order valence-corrected chi connectivity index (χ2v) is 6.65. The van der Waals surface area contributed by atoms with Crippen LogP contribution in [0, 0.1) is 0 Å². The highest BCUT2D eigenvalue weighted by atomic mass is 16.5. The molecule has 144 valence electrons. The Morgan fingerprint density at radius 3 is 2.59 bits per heavy atom. The van der Waals surface area contributed by atoms with Crippen molar-refractivity contribution in [1.29, 1.82) is 0 Å². The normalized spacial score (nSPS) is 16.1. The van der Waals surface area contributed by atoms with Crippen LogP contribution in [0.4, 0.5) is 0 Å². The maximum Gasteiger partial charge on any atom is 0.213 e. The lowest BCUT2D eigenvalue weighted by Crippen LogP contribution is -2.42. The molecule has 6 nitrogen and oxygen atoms in total. The monoisotopic (exact) mass is 367 g/mol. The van der Waals surface area contributed by atoms with Crippen molar-refractivity contribution in [3.8, 4) is 5.88 Å². The summed E-state index contributed by atoms with van der Waals surface area (Å²) in [6.07, 6.45) is 2.55. The third-order valence-electron chi connectivity index (χ3n) is 4.88. The van der Waals surface area contributed by atoms with Gasteiger partial charge in [-0.05, 0) is 37.6 Å². The fourth-order valence-electron chi connectivity index (χ4n) is 3.44. The van der Waals surface area contributed by atoms with Crippen LogP contribution < -0.4 is 15.4 Å². The Hall–Kier alpha value is -2.60. The van der Waals surface area contributed by atoms with Crippen LogP contribution in [-0.2, 0) is 6.54 Å². The van der Waals surface area contributed by atoms with E-state index in [2.05, 4.69) is 55.8 Å². The highest BCUT2D eigenvalue weighted by molar-refractivity contribution is 5.79. The predicted molar refractivity (Wildman–Crippen MR) is 109 cm³/mol. The second-order valence-electron chi connectivity index (χ2n) is 6.65. The molecule has 1 aromatic heterocycles. The summed E-state index contributed by atoms with van der Waals surface area (Å²) >= 11 is 0. The first-order valence-corrected chi connectivity index (χ1v) is 9.53. The number of pyridine rings is 1. The Morgan fingerprint density at radius 2 is 1.89 bits per heavy atom. The number of nitrogens with one attached hydrogen (secondary N) is 2. The summed E-state index contributed by atoms with van der Waals surface area (Å²) in [7, 11) is 3.42. The van der Waals surface area contributed by atoms with Crippen molar-refractivity contribution in [2.75, 3.05) is 33.8 Å². The summed E-state index contributed by atoms with van der Waals surface area (Å²) in [5.41, 5.74) is 2.26.